The number of carbonyl (C=O) groups is 1. The van der Waals surface area contributed by atoms with Gasteiger partial charge in [0.15, 0.2) is 0 Å². The minimum absolute atomic E-state index is 0.136. The second kappa shape index (κ2) is 10.3. The standard InChI is InChI=1S/C24H25ClN2O3/c1-16(26-15-23(28)20-5-2-6-21(25)12-20)14-27-22-7-3-4-19(13-22)17-8-10-18(11-9-17)24(29)30/h2-13,16,23,26-28H,14-15H2,1H3,(H,29,30). The highest BCUT2D eigenvalue weighted by Crippen LogP contribution is 2.23. The van der Waals surface area contributed by atoms with E-state index in [-0.39, 0.29) is 11.6 Å². The molecule has 0 saturated carbocycles. The molecule has 0 aliphatic rings. The van der Waals surface area contributed by atoms with Crippen molar-refractivity contribution in [2.24, 2.45) is 0 Å². The summed E-state index contributed by atoms with van der Waals surface area (Å²) in [7, 11) is 0. The van der Waals surface area contributed by atoms with Gasteiger partial charge in [-0.2, -0.15) is 0 Å². The van der Waals surface area contributed by atoms with E-state index in [4.69, 9.17) is 16.7 Å². The molecule has 2 atom stereocenters. The van der Waals surface area contributed by atoms with Gasteiger partial charge in [-0.05, 0) is 60.0 Å². The van der Waals surface area contributed by atoms with Gasteiger partial charge in [0.05, 0.1) is 11.7 Å². The molecule has 30 heavy (non-hydrogen) atoms. The van der Waals surface area contributed by atoms with E-state index in [0.717, 1.165) is 22.4 Å². The predicted molar refractivity (Wildman–Crippen MR) is 121 cm³/mol. The minimum atomic E-state index is -0.932. The van der Waals surface area contributed by atoms with E-state index in [2.05, 4.69) is 10.6 Å². The third-order valence-electron chi connectivity index (χ3n) is 4.83. The van der Waals surface area contributed by atoms with Crippen LogP contribution < -0.4 is 10.6 Å². The zero-order valence-corrected chi connectivity index (χ0v) is 17.4. The number of aliphatic hydroxyl groups excluding tert-OH is 1. The van der Waals surface area contributed by atoms with E-state index in [1.54, 1.807) is 24.3 Å². The fourth-order valence-corrected chi connectivity index (χ4v) is 3.30. The van der Waals surface area contributed by atoms with E-state index in [1.807, 2.05) is 55.5 Å². The van der Waals surface area contributed by atoms with Gasteiger partial charge >= 0.3 is 5.97 Å². The molecule has 0 bridgehead atoms. The average molecular weight is 425 g/mol. The number of anilines is 1. The maximum absolute atomic E-state index is 11.0. The molecule has 5 nitrogen and oxygen atoms in total. The summed E-state index contributed by atoms with van der Waals surface area (Å²) < 4.78 is 0. The second-order valence-electron chi connectivity index (χ2n) is 7.22. The highest BCUT2D eigenvalue weighted by Gasteiger charge is 2.10. The number of aromatic carboxylic acids is 1. The fourth-order valence-electron chi connectivity index (χ4n) is 3.10. The first kappa shape index (κ1) is 21.8. The molecule has 3 aromatic carbocycles. The van der Waals surface area contributed by atoms with Crippen molar-refractivity contribution in [1.29, 1.82) is 0 Å². The molecule has 0 aliphatic heterocycles. The molecular formula is C24H25ClN2O3. The first-order chi connectivity index (χ1) is 14.4. The quantitative estimate of drug-likeness (QED) is 0.395. The summed E-state index contributed by atoms with van der Waals surface area (Å²) in [5.74, 6) is -0.932. The van der Waals surface area contributed by atoms with Crippen molar-refractivity contribution < 1.29 is 15.0 Å². The smallest absolute Gasteiger partial charge is 0.335 e. The van der Waals surface area contributed by atoms with Crippen molar-refractivity contribution in [2.45, 2.75) is 19.1 Å². The third-order valence-corrected chi connectivity index (χ3v) is 5.07. The van der Waals surface area contributed by atoms with Gasteiger partial charge in [-0.25, -0.2) is 4.79 Å². The number of nitrogens with one attached hydrogen (secondary N) is 2. The van der Waals surface area contributed by atoms with E-state index >= 15 is 0 Å². The summed E-state index contributed by atoms with van der Waals surface area (Å²) >= 11 is 5.98. The molecule has 0 aliphatic carbocycles. The Morgan fingerprint density at radius 2 is 1.70 bits per heavy atom. The number of hydrogen-bond acceptors (Lipinski definition) is 4. The Morgan fingerprint density at radius 3 is 2.40 bits per heavy atom. The Kier molecular flexibility index (Phi) is 7.46. The first-order valence-electron chi connectivity index (χ1n) is 9.77. The normalized spacial score (nSPS) is 12.9. The van der Waals surface area contributed by atoms with Crippen LogP contribution in [0.3, 0.4) is 0 Å². The minimum Gasteiger partial charge on any atom is -0.478 e. The fraction of sp³-hybridized carbons (Fsp3) is 0.208. The summed E-state index contributed by atoms with van der Waals surface area (Å²) in [5.41, 5.74) is 4.00. The van der Waals surface area contributed by atoms with Crippen LogP contribution in [0.25, 0.3) is 11.1 Å². The van der Waals surface area contributed by atoms with Crippen molar-refractivity contribution >= 4 is 23.3 Å². The maximum atomic E-state index is 11.0. The SMILES string of the molecule is CC(CNc1cccc(-c2ccc(C(=O)O)cc2)c1)NCC(O)c1cccc(Cl)c1. The van der Waals surface area contributed by atoms with E-state index in [9.17, 15) is 9.90 Å². The lowest BCUT2D eigenvalue weighted by atomic mass is 10.0. The molecule has 0 radical (unpaired) electrons. The van der Waals surface area contributed by atoms with Gasteiger partial charge in [-0.15, -0.1) is 0 Å². The van der Waals surface area contributed by atoms with E-state index < -0.39 is 12.1 Å². The van der Waals surface area contributed by atoms with E-state index in [1.165, 1.54) is 0 Å². The molecule has 0 heterocycles. The van der Waals surface area contributed by atoms with Gasteiger partial charge in [-0.1, -0.05) is 48.0 Å². The Labute approximate surface area is 181 Å². The van der Waals surface area contributed by atoms with Crippen LogP contribution in [0, 0.1) is 0 Å². The van der Waals surface area contributed by atoms with Crippen LogP contribution in [-0.4, -0.2) is 35.3 Å². The molecule has 0 aromatic heterocycles. The lowest BCUT2D eigenvalue weighted by Crippen LogP contribution is -2.35. The second-order valence-corrected chi connectivity index (χ2v) is 7.66. The number of carboxylic acids is 1. The van der Waals surface area contributed by atoms with Crippen molar-refractivity contribution in [3.05, 3.63) is 88.9 Å². The van der Waals surface area contributed by atoms with Crippen molar-refractivity contribution in [2.75, 3.05) is 18.4 Å². The summed E-state index contributed by atoms with van der Waals surface area (Å²) in [5, 5.41) is 26.7. The van der Waals surface area contributed by atoms with Gasteiger partial charge < -0.3 is 20.8 Å². The largest absolute Gasteiger partial charge is 0.478 e. The molecule has 0 saturated heterocycles. The summed E-state index contributed by atoms with van der Waals surface area (Å²) in [6, 6.07) is 22.2. The van der Waals surface area contributed by atoms with Crippen LogP contribution in [0.5, 0.6) is 0 Å². The molecule has 2 unspecified atom stereocenters. The Bertz CT molecular complexity index is 992. The lowest BCUT2D eigenvalue weighted by molar-refractivity contribution is 0.0697. The Balaban J connectivity index is 1.53. The molecule has 4 N–H and O–H groups in total. The molecule has 0 fully saturated rings. The van der Waals surface area contributed by atoms with Crippen LogP contribution >= 0.6 is 11.6 Å². The van der Waals surface area contributed by atoms with Gasteiger partial charge in [0.25, 0.3) is 0 Å². The average Bonchev–Trinajstić information content (AvgIpc) is 2.76. The number of benzene rings is 3. The zero-order valence-electron chi connectivity index (χ0n) is 16.7. The van der Waals surface area contributed by atoms with Crippen LogP contribution in [0.15, 0.2) is 72.8 Å². The van der Waals surface area contributed by atoms with Crippen LogP contribution in [-0.2, 0) is 0 Å². The molecule has 3 aromatic rings. The van der Waals surface area contributed by atoms with Crippen LogP contribution in [0.2, 0.25) is 5.02 Å². The van der Waals surface area contributed by atoms with Crippen LogP contribution in [0.1, 0.15) is 28.9 Å². The number of aliphatic hydroxyl groups is 1. The van der Waals surface area contributed by atoms with Crippen LogP contribution in [0.4, 0.5) is 5.69 Å². The van der Waals surface area contributed by atoms with Crippen molar-refractivity contribution in [1.82, 2.24) is 5.32 Å². The first-order valence-corrected chi connectivity index (χ1v) is 10.1. The summed E-state index contributed by atoms with van der Waals surface area (Å²) in [4.78, 5) is 11.0. The molecular weight excluding hydrogens is 400 g/mol. The number of halogens is 1. The topological polar surface area (TPSA) is 81.6 Å². The number of hydrogen-bond donors (Lipinski definition) is 4. The summed E-state index contributed by atoms with van der Waals surface area (Å²) in [6.45, 7) is 3.16. The highest BCUT2D eigenvalue weighted by molar-refractivity contribution is 6.30. The monoisotopic (exact) mass is 424 g/mol. The Morgan fingerprint density at radius 1 is 0.967 bits per heavy atom. The van der Waals surface area contributed by atoms with Gasteiger partial charge in [0.1, 0.15) is 0 Å². The van der Waals surface area contributed by atoms with E-state index in [0.29, 0.717) is 18.1 Å². The number of carboxylic acid groups (broad SMARTS) is 1. The highest BCUT2D eigenvalue weighted by atomic mass is 35.5. The van der Waals surface area contributed by atoms with Crippen molar-refractivity contribution in [3.63, 3.8) is 0 Å². The molecule has 0 spiro atoms. The molecule has 156 valence electrons. The third kappa shape index (κ3) is 6.07. The predicted octanol–water partition coefficient (Wildman–Crippen LogP) is 4.83. The number of rotatable bonds is 9. The van der Waals surface area contributed by atoms with Gasteiger partial charge in [0, 0.05) is 29.8 Å². The lowest BCUT2D eigenvalue weighted by Gasteiger charge is -2.19. The van der Waals surface area contributed by atoms with Gasteiger partial charge in [-0.3, -0.25) is 0 Å². The molecule has 3 rings (SSSR count). The Hall–Kier alpha value is -2.86. The zero-order chi connectivity index (χ0) is 21.5. The summed E-state index contributed by atoms with van der Waals surface area (Å²) in [6.07, 6.45) is -0.622. The molecule has 6 heteroatoms. The van der Waals surface area contributed by atoms with Gasteiger partial charge in [0.2, 0.25) is 0 Å². The van der Waals surface area contributed by atoms with Crippen molar-refractivity contribution in [3.8, 4) is 11.1 Å². The molecule has 0 amide bonds. The maximum Gasteiger partial charge on any atom is 0.335 e.